The molecule has 0 saturated carbocycles. The highest BCUT2D eigenvalue weighted by Crippen LogP contribution is 2.21. The van der Waals surface area contributed by atoms with Crippen molar-refractivity contribution in [2.24, 2.45) is 0 Å². The molecule has 0 aliphatic heterocycles. The molecule has 0 fully saturated rings. The van der Waals surface area contributed by atoms with E-state index in [1.807, 2.05) is 18.5 Å². The molecule has 0 atom stereocenters. The minimum atomic E-state index is 0.981. The zero-order valence-electron chi connectivity index (χ0n) is 8.44. The van der Waals surface area contributed by atoms with E-state index in [1.165, 1.54) is 5.56 Å². The number of aromatic nitrogens is 2. The number of rotatable bonds is 0. The Morgan fingerprint density at radius 2 is 1.73 bits per heavy atom. The van der Waals surface area contributed by atoms with Crippen LogP contribution in [-0.2, 0) is 0 Å². The van der Waals surface area contributed by atoms with Gasteiger partial charge in [-0.3, -0.25) is 9.97 Å². The summed E-state index contributed by atoms with van der Waals surface area (Å²) in [6, 6.07) is 10.3. The first-order valence-electron chi connectivity index (χ1n) is 4.95. The van der Waals surface area contributed by atoms with Gasteiger partial charge in [0.2, 0.25) is 0 Å². The predicted molar refractivity (Wildman–Crippen MR) is 61.8 cm³/mol. The van der Waals surface area contributed by atoms with E-state index in [4.69, 9.17) is 0 Å². The van der Waals surface area contributed by atoms with Gasteiger partial charge in [-0.25, -0.2) is 0 Å². The van der Waals surface area contributed by atoms with Gasteiger partial charge in [0.25, 0.3) is 0 Å². The zero-order valence-corrected chi connectivity index (χ0v) is 8.44. The van der Waals surface area contributed by atoms with Crippen molar-refractivity contribution in [3.8, 4) is 0 Å². The van der Waals surface area contributed by atoms with Crippen LogP contribution in [0.1, 0.15) is 5.56 Å². The molecule has 2 heterocycles. The van der Waals surface area contributed by atoms with E-state index in [1.54, 1.807) is 0 Å². The molecule has 3 rings (SSSR count). The second kappa shape index (κ2) is 3.02. The first-order valence-corrected chi connectivity index (χ1v) is 4.95. The summed E-state index contributed by atoms with van der Waals surface area (Å²) in [4.78, 5) is 8.82. The second-order valence-corrected chi connectivity index (χ2v) is 3.73. The van der Waals surface area contributed by atoms with E-state index in [-0.39, 0.29) is 0 Å². The SMILES string of the molecule is Cc1cnc2c(ccc3cccnc32)c1. The third-order valence-corrected chi connectivity index (χ3v) is 2.56. The summed E-state index contributed by atoms with van der Waals surface area (Å²) >= 11 is 0. The van der Waals surface area contributed by atoms with Gasteiger partial charge in [0.15, 0.2) is 0 Å². The van der Waals surface area contributed by atoms with E-state index < -0.39 is 0 Å². The Balaban J connectivity index is 2.55. The van der Waals surface area contributed by atoms with Gasteiger partial charge >= 0.3 is 0 Å². The molecular formula is C13H10N2. The fourth-order valence-electron chi connectivity index (χ4n) is 1.85. The number of pyridine rings is 2. The highest BCUT2D eigenvalue weighted by molar-refractivity contribution is 6.02. The summed E-state index contributed by atoms with van der Waals surface area (Å²) in [7, 11) is 0. The van der Waals surface area contributed by atoms with Gasteiger partial charge in [0.05, 0.1) is 11.0 Å². The van der Waals surface area contributed by atoms with Gasteiger partial charge in [-0.1, -0.05) is 18.2 Å². The number of nitrogens with zero attached hydrogens (tertiary/aromatic N) is 2. The van der Waals surface area contributed by atoms with Crippen LogP contribution in [0, 0.1) is 6.92 Å². The Labute approximate surface area is 87.6 Å². The van der Waals surface area contributed by atoms with Crippen molar-refractivity contribution in [3.05, 3.63) is 48.3 Å². The molecule has 0 N–H and O–H groups in total. The normalized spacial score (nSPS) is 11.0. The molecule has 2 nitrogen and oxygen atoms in total. The van der Waals surface area contributed by atoms with E-state index in [0.29, 0.717) is 0 Å². The average Bonchev–Trinajstić information content (AvgIpc) is 2.28. The summed E-state index contributed by atoms with van der Waals surface area (Å²) in [6.07, 6.45) is 3.69. The maximum Gasteiger partial charge on any atom is 0.0964 e. The highest BCUT2D eigenvalue weighted by atomic mass is 14.7. The lowest BCUT2D eigenvalue weighted by atomic mass is 10.1. The van der Waals surface area contributed by atoms with E-state index in [0.717, 1.165) is 21.8 Å². The van der Waals surface area contributed by atoms with E-state index >= 15 is 0 Å². The Morgan fingerprint density at radius 1 is 0.933 bits per heavy atom. The molecular weight excluding hydrogens is 184 g/mol. The molecule has 0 aliphatic rings. The Morgan fingerprint density at radius 3 is 2.67 bits per heavy atom. The van der Waals surface area contributed by atoms with Crippen LogP contribution in [0.25, 0.3) is 21.8 Å². The van der Waals surface area contributed by atoms with Crippen LogP contribution in [0.4, 0.5) is 0 Å². The number of hydrogen-bond donors (Lipinski definition) is 0. The van der Waals surface area contributed by atoms with Gasteiger partial charge in [0, 0.05) is 23.2 Å². The summed E-state index contributed by atoms with van der Waals surface area (Å²) in [5.74, 6) is 0. The molecule has 2 heteroatoms. The average molecular weight is 194 g/mol. The van der Waals surface area contributed by atoms with E-state index in [9.17, 15) is 0 Å². The predicted octanol–water partition coefficient (Wildman–Crippen LogP) is 3.09. The van der Waals surface area contributed by atoms with Crippen molar-refractivity contribution in [1.82, 2.24) is 9.97 Å². The molecule has 2 aromatic heterocycles. The lowest BCUT2D eigenvalue weighted by Gasteiger charge is -2.02. The monoisotopic (exact) mass is 194 g/mol. The van der Waals surface area contributed by atoms with Crippen LogP contribution in [0.3, 0.4) is 0 Å². The molecule has 72 valence electrons. The molecule has 0 radical (unpaired) electrons. The van der Waals surface area contributed by atoms with Crippen LogP contribution in [0.2, 0.25) is 0 Å². The van der Waals surface area contributed by atoms with Crippen LogP contribution >= 0.6 is 0 Å². The van der Waals surface area contributed by atoms with Crippen molar-refractivity contribution in [2.75, 3.05) is 0 Å². The van der Waals surface area contributed by atoms with Gasteiger partial charge in [0.1, 0.15) is 0 Å². The number of benzene rings is 1. The largest absolute Gasteiger partial charge is 0.254 e. The van der Waals surface area contributed by atoms with Gasteiger partial charge in [-0.15, -0.1) is 0 Å². The third-order valence-electron chi connectivity index (χ3n) is 2.56. The third kappa shape index (κ3) is 1.26. The van der Waals surface area contributed by atoms with Crippen LogP contribution in [0.15, 0.2) is 42.7 Å². The summed E-state index contributed by atoms with van der Waals surface area (Å²) in [5.41, 5.74) is 3.14. The smallest absolute Gasteiger partial charge is 0.0964 e. The van der Waals surface area contributed by atoms with Gasteiger partial charge < -0.3 is 0 Å². The lowest BCUT2D eigenvalue weighted by Crippen LogP contribution is -1.85. The number of fused-ring (bicyclic) bond motifs is 3. The molecule has 0 spiro atoms. The molecule has 15 heavy (non-hydrogen) atoms. The molecule has 0 amide bonds. The molecule has 0 unspecified atom stereocenters. The fourth-order valence-corrected chi connectivity index (χ4v) is 1.85. The summed E-state index contributed by atoms with van der Waals surface area (Å²) < 4.78 is 0. The fraction of sp³-hybridized carbons (Fsp3) is 0.0769. The molecule has 0 bridgehead atoms. The number of aryl methyl sites for hydroxylation is 1. The van der Waals surface area contributed by atoms with Gasteiger partial charge in [-0.05, 0) is 24.6 Å². The van der Waals surface area contributed by atoms with Crippen molar-refractivity contribution in [2.45, 2.75) is 6.92 Å². The van der Waals surface area contributed by atoms with Gasteiger partial charge in [-0.2, -0.15) is 0 Å². The topological polar surface area (TPSA) is 25.8 Å². The molecule has 0 aliphatic carbocycles. The van der Waals surface area contributed by atoms with Crippen LogP contribution in [-0.4, -0.2) is 9.97 Å². The first-order chi connectivity index (χ1) is 7.34. The van der Waals surface area contributed by atoms with E-state index in [2.05, 4.69) is 41.2 Å². The van der Waals surface area contributed by atoms with Crippen molar-refractivity contribution >= 4 is 21.8 Å². The van der Waals surface area contributed by atoms with Crippen molar-refractivity contribution in [3.63, 3.8) is 0 Å². The number of hydrogen-bond acceptors (Lipinski definition) is 2. The zero-order chi connectivity index (χ0) is 10.3. The Kier molecular flexibility index (Phi) is 1.68. The Bertz CT molecular complexity index is 644. The minimum absolute atomic E-state index is 0.981. The van der Waals surface area contributed by atoms with Crippen molar-refractivity contribution < 1.29 is 0 Å². The first kappa shape index (κ1) is 8.36. The maximum absolute atomic E-state index is 4.45. The Hall–Kier alpha value is -1.96. The highest BCUT2D eigenvalue weighted by Gasteiger charge is 2.01. The second-order valence-electron chi connectivity index (χ2n) is 3.73. The maximum atomic E-state index is 4.45. The summed E-state index contributed by atoms with van der Waals surface area (Å²) in [5, 5.41) is 2.29. The molecule has 3 aromatic rings. The molecule has 0 saturated heterocycles. The quantitative estimate of drug-likeness (QED) is 0.514. The van der Waals surface area contributed by atoms with Crippen LogP contribution < -0.4 is 0 Å². The molecule has 1 aromatic carbocycles. The lowest BCUT2D eigenvalue weighted by molar-refractivity contribution is 1.32. The standard InChI is InChI=1S/C13H10N2/c1-9-7-11-5-4-10-3-2-6-14-12(10)13(11)15-8-9/h2-8H,1H3. The van der Waals surface area contributed by atoms with Crippen LogP contribution in [0.5, 0.6) is 0 Å². The minimum Gasteiger partial charge on any atom is -0.254 e. The van der Waals surface area contributed by atoms with Crippen molar-refractivity contribution in [1.29, 1.82) is 0 Å². The summed E-state index contributed by atoms with van der Waals surface area (Å²) in [6.45, 7) is 2.05.